The topological polar surface area (TPSA) is 98.3 Å². The zero-order valence-corrected chi connectivity index (χ0v) is 13.8. The fraction of sp³-hybridized carbons (Fsp3) is 0.333. The van der Waals surface area contributed by atoms with Gasteiger partial charge in [0.25, 0.3) is 5.91 Å². The summed E-state index contributed by atoms with van der Waals surface area (Å²) in [5.74, 6) is -0.730. The van der Waals surface area contributed by atoms with Crippen LogP contribution >= 0.6 is 0 Å². The quantitative estimate of drug-likeness (QED) is 0.647. The first-order valence-corrected chi connectivity index (χ1v) is 8.24. The van der Waals surface area contributed by atoms with Crippen molar-refractivity contribution in [1.82, 2.24) is 14.5 Å². The first kappa shape index (κ1) is 16.9. The van der Waals surface area contributed by atoms with Crippen molar-refractivity contribution < 1.29 is 14.4 Å². The Morgan fingerprint density at radius 3 is 2.68 bits per heavy atom. The molecule has 2 aromatic rings. The lowest BCUT2D eigenvalue weighted by Gasteiger charge is -2.32. The summed E-state index contributed by atoms with van der Waals surface area (Å²) in [5.41, 5.74) is 5.66. The van der Waals surface area contributed by atoms with Crippen molar-refractivity contribution in [1.29, 1.82) is 0 Å². The van der Waals surface area contributed by atoms with Gasteiger partial charge in [-0.15, -0.1) is 0 Å². The predicted octanol–water partition coefficient (Wildman–Crippen LogP) is 0.957. The molecule has 0 radical (unpaired) electrons. The number of aromatic nitrogens is 2. The van der Waals surface area contributed by atoms with E-state index in [1.807, 2.05) is 0 Å². The van der Waals surface area contributed by atoms with E-state index in [0.29, 0.717) is 18.7 Å². The van der Waals surface area contributed by atoms with Crippen LogP contribution in [-0.4, -0.2) is 45.1 Å². The number of ketones is 1. The summed E-state index contributed by atoms with van der Waals surface area (Å²) >= 11 is 0. The number of benzene rings is 1. The van der Waals surface area contributed by atoms with Gasteiger partial charge in [0.15, 0.2) is 0 Å². The Bertz CT molecular complexity index is 785. The highest BCUT2D eigenvalue weighted by atomic mass is 16.2. The summed E-state index contributed by atoms with van der Waals surface area (Å²) in [6.07, 6.45) is 4.95. The molecule has 2 amide bonds. The number of likely N-dealkylation sites (tertiary alicyclic amines) is 1. The highest BCUT2D eigenvalue weighted by Gasteiger charge is 2.30. The van der Waals surface area contributed by atoms with Gasteiger partial charge in [-0.1, -0.05) is 30.3 Å². The minimum Gasteiger partial charge on any atom is -0.368 e. The summed E-state index contributed by atoms with van der Waals surface area (Å²) in [6, 6.07) is 8.56. The van der Waals surface area contributed by atoms with Crippen molar-refractivity contribution >= 4 is 17.6 Å². The number of imidazole rings is 1. The van der Waals surface area contributed by atoms with Gasteiger partial charge in [0.05, 0.1) is 0 Å². The molecule has 7 heteroatoms. The van der Waals surface area contributed by atoms with Crippen LogP contribution in [0.2, 0.25) is 0 Å². The van der Waals surface area contributed by atoms with Crippen molar-refractivity contribution in [3.05, 3.63) is 54.1 Å². The van der Waals surface area contributed by atoms with Gasteiger partial charge >= 0.3 is 0 Å². The van der Waals surface area contributed by atoms with E-state index in [2.05, 4.69) is 4.98 Å². The molecule has 130 valence electrons. The molecule has 25 heavy (non-hydrogen) atoms. The van der Waals surface area contributed by atoms with E-state index in [-0.39, 0.29) is 12.5 Å². The van der Waals surface area contributed by atoms with Crippen LogP contribution in [0.15, 0.2) is 42.7 Å². The molecule has 1 saturated heterocycles. The van der Waals surface area contributed by atoms with Crippen LogP contribution in [0, 0.1) is 0 Å². The largest absolute Gasteiger partial charge is 0.368 e. The lowest BCUT2D eigenvalue weighted by molar-refractivity contribution is -0.127. The molecule has 1 aliphatic heterocycles. The summed E-state index contributed by atoms with van der Waals surface area (Å²) < 4.78 is 1.71. The van der Waals surface area contributed by atoms with Crippen LogP contribution in [0.1, 0.15) is 34.9 Å². The second kappa shape index (κ2) is 7.29. The number of carbonyl (C=O) groups is 3. The van der Waals surface area contributed by atoms with E-state index in [0.717, 1.165) is 18.7 Å². The summed E-state index contributed by atoms with van der Waals surface area (Å²) in [6.45, 7) is 1.01. The number of rotatable bonds is 5. The monoisotopic (exact) mass is 340 g/mol. The van der Waals surface area contributed by atoms with Gasteiger partial charge in [-0.05, 0) is 12.8 Å². The number of nitrogens with zero attached hydrogens (tertiary/aromatic N) is 3. The Balaban J connectivity index is 1.73. The predicted molar refractivity (Wildman–Crippen MR) is 90.7 cm³/mol. The molecule has 3 rings (SSSR count). The SMILES string of the molecule is NC(=O)Cn1ccnc1[C@@H]1CCCN(C(=O)C(=O)c2ccccc2)C1. The molecule has 0 unspecified atom stereocenters. The molecule has 0 aliphatic carbocycles. The van der Waals surface area contributed by atoms with Gasteiger partial charge in [-0.25, -0.2) is 4.98 Å². The molecular weight excluding hydrogens is 320 g/mol. The maximum atomic E-state index is 12.6. The van der Waals surface area contributed by atoms with Crippen molar-refractivity contribution in [2.24, 2.45) is 5.73 Å². The zero-order chi connectivity index (χ0) is 17.8. The van der Waals surface area contributed by atoms with Crippen molar-refractivity contribution in [2.75, 3.05) is 13.1 Å². The molecule has 0 spiro atoms. The van der Waals surface area contributed by atoms with Gasteiger partial charge < -0.3 is 15.2 Å². The third-order valence-electron chi connectivity index (χ3n) is 4.38. The Labute approximate surface area is 145 Å². The van der Waals surface area contributed by atoms with E-state index >= 15 is 0 Å². The molecule has 0 bridgehead atoms. The minimum absolute atomic E-state index is 0.0179. The van der Waals surface area contributed by atoms with Crippen LogP contribution in [-0.2, 0) is 16.1 Å². The first-order chi connectivity index (χ1) is 12.1. The Morgan fingerprint density at radius 2 is 1.96 bits per heavy atom. The fourth-order valence-electron chi connectivity index (χ4n) is 3.21. The van der Waals surface area contributed by atoms with Crippen LogP contribution in [0.5, 0.6) is 0 Å². The smallest absolute Gasteiger partial charge is 0.294 e. The lowest BCUT2D eigenvalue weighted by Crippen LogP contribution is -2.43. The maximum Gasteiger partial charge on any atom is 0.294 e. The lowest BCUT2D eigenvalue weighted by atomic mass is 9.96. The Hall–Kier alpha value is -2.96. The summed E-state index contributed by atoms with van der Waals surface area (Å²) in [7, 11) is 0. The summed E-state index contributed by atoms with van der Waals surface area (Å²) in [4.78, 5) is 42.0. The third kappa shape index (κ3) is 3.76. The number of carbonyl (C=O) groups excluding carboxylic acids is 3. The van der Waals surface area contributed by atoms with Crippen LogP contribution in [0.3, 0.4) is 0 Å². The standard InChI is InChI=1S/C18H20N4O3/c19-15(23)12-21-10-8-20-17(21)14-7-4-9-22(11-14)18(25)16(24)13-5-2-1-3-6-13/h1-3,5-6,8,10,14H,4,7,9,11-12H2,(H2,19,23)/t14-/m1/s1. The number of primary amides is 1. The third-order valence-corrected chi connectivity index (χ3v) is 4.38. The maximum absolute atomic E-state index is 12.6. The van der Waals surface area contributed by atoms with Crippen LogP contribution in [0.25, 0.3) is 0 Å². The Kier molecular flexibility index (Phi) is 4.92. The van der Waals surface area contributed by atoms with Gasteiger partial charge in [0.2, 0.25) is 11.7 Å². The van der Waals surface area contributed by atoms with E-state index in [1.54, 1.807) is 52.2 Å². The van der Waals surface area contributed by atoms with Gasteiger partial charge in [0, 0.05) is 37.0 Å². The number of hydrogen-bond donors (Lipinski definition) is 1. The van der Waals surface area contributed by atoms with Crippen LogP contribution < -0.4 is 5.73 Å². The zero-order valence-electron chi connectivity index (χ0n) is 13.8. The number of hydrogen-bond acceptors (Lipinski definition) is 4. The van der Waals surface area contributed by atoms with Crippen molar-refractivity contribution in [3.63, 3.8) is 0 Å². The van der Waals surface area contributed by atoms with E-state index in [4.69, 9.17) is 5.73 Å². The molecule has 1 atom stereocenters. The average Bonchev–Trinajstić information content (AvgIpc) is 3.08. The van der Waals surface area contributed by atoms with Gasteiger partial charge in [-0.3, -0.25) is 14.4 Å². The molecular formula is C18H20N4O3. The fourth-order valence-corrected chi connectivity index (χ4v) is 3.21. The molecule has 2 N–H and O–H groups in total. The highest BCUT2D eigenvalue weighted by Crippen LogP contribution is 2.26. The van der Waals surface area contributed by atoms with Crippen molar-refractivity contribution in [3.8, 4) is 0 Å². The van der Waals surface area contributed by atoms with Crippen molar-refractivity contribution in [2.45, 2.75) is 25.3 Å². The second-order valence-corrected chi connectivity index (χ2v) is 6.17. The molecule has 1 aromatic carbocycles. The minimum atomic E-state index is -0.498. The van der Waals surface area contributed by atoms with E-state index in [1.165, 1.54) is 0 Å². The van der Waals surface area contributed by atoms with Gasteiger partial charge in [-0.2, -0.15) is 0 Å². The first-order valence-electron chi connectivity index (χ1n) is 8.24. The van der Waals surface area contributed by atoms with E-state index < -0.39 is 17.6 Å². The normalized spacial score (nSPS) is 17.3. The van der Waals surface area contributed by atoms with E-state index in [9.17, 15) is 14.4 Å². The summed E-state index contributed by atoms with van der Waals surface area (Å²) in [5, 5.41) is 0. The van der Waals surface area contributed by atoms with Crippen LogP contribution in [0.4, 0.5) is 0 Å². The molecule has 7 nitrogen and oxygen atoms in total. The second-order valence-electron chi connectivity index (χ2n) is 6.17. The van der Waals surface area contributed by atoms with Gasteiger partial charge in [0.1, 0.15) is 12.4 Å². The molecule has 0 saturated carbocycles. The number of amides is 2. The number of piperidine rings is 1. The average molecular weight is 340 g/mol. The highest BCUT2D eigenvalue weighted by molar-refractivity contribution is 6.42. The molecule has 1 fully saturated rings. The Morgan fingerprint density at radius 1 is 1.20 bits per heavy atom. The molecule has 2 heterocycles. The number of nitrogens with two attached hydrogens (primary N) is 1. The molecule has 1 aliphatic rings. The molecule has 1 aromatic heterocycles. The number of Topliss-reactive ketones (excluding diaryl/α,β-unsaturated/α-hetero) is 1.